The topological polar surface area (TPSA) is 84.6 Å². The van der Waals surface area contributed by atoms with Gasteiger partial charge in [0.2, 0.25) is 0 Å². The number of benzene rings is 1. The lowest BCUT2D eigenvalue weighted by molar-refractivity contribution is -0.124. The molecule has 0 unspecified atom stereocenters. The number of urea groups is 1. The third-order valence-corrected chi connectivity index (χ3v) is 5.39. The predicted molar refractivity (Wildman–Crippen MR) is 84.1 cm³/mol. The van der Waals surface area contributed by atoms with Gasteiger partial charge in [0.25, 0.3) is 5.91 Å². The van der Waals surface area contributed by atoms with Crippen LogP contribution in [-0.4, -0.2) is 40.6 Å². The first-order chi connectivity index (χ1) is 10.8. The van der Waals surface area contributed by atoms with Gasteiger partial charge in [0, 0.05) is 13.5 Å². The van der Waals surface area contributed by atoms with Gasteiger partial charge >= 0.3 is 6.03 Å². The van der Waals surface area contributed by atoms with Gasteiger partial charge < -0.3 is 10.0 Å². The van der Waals surface area contributed by atoms with Gasteiger partial charge in [-0.1, -0.05) is 11.6 Å². The van der Waals surface area contributed by atoms with Crippen molar-refractivity contribution in [2.75, 3.05) is 11.9 Å². The first kappa shape index (κ1) is 15.8. The number of amides is 3. The summed E-state index contributed by atoms with van der Waals surface area (Å²) < 4.78 is 0. The van der Waals surface area contributed by atoms with Crippen molar-refractivity contribution >= 4 is 29.2 Å². The monoisotopic (exact) mass is 333 g/mol. The van der Waals surface area contributed by atoms with Crippen LogP contribution in [0.1, 0.15) is 30.4 Å². The summed E-state index contributed by atoms with van der Waals surface area (Å²) in [6.45, 7) is 1.67. The number of rotatable bonds is 1. The van der Waals surface area contributed by atoms with Crippen LogP contribution in [0.4, 0.5) is 10.5 Å². The molecule has 1 saturated heterocycles. The lowest BCUT2D eigenvalue weighted by Gasteiger charge is -2.27. The van der Waals surface area contributed by atoms with Crippen molar-refractivity contribution in [1.29, 1.82) is 5.26 Å². The predicted octanol–water partition coefficient (Wildman–Crippen LogP) is 2.20. The van der Waals surface area contributed by atoms with Crippen LogP contribution in [0.3, 0.4) is 0 Å². The van der Waals surface area contributed by atoms with Crippen molar-refractivity contribution < 1.29 is 14.7 Å². The van der Waals surface area contributed by atoms with Crippen LogP contribution < -0.4 is 4.90 Å². The number of likely N-dealkylation sites (N-methyl/N-ethyl adjacent to an activating group) is 1. The maximum absolute atomic E-state index is 13.0. The summed E-state index contributed by atoms with van der Waals surface area (Å²) in [5.74, 6) is -0.342. The molecular weight excluding hydrogens is 318 g/mol. The van der Waals surface area contributed by atoms with E-state index in [9.17, 15) is 14.7 Å². The molecule has 0 radical (unpaired) electrons. The van der Waals surface area contributed by atoms with Crippen LogP contribution in [0.5, 0.6) is 0 Å². The van der Waals surface area contributed by atoms with Crippen molar-refractivity contribution in [3.63, 3.8) is 0 Å². The molecule has 23 heavy (non-hydrogen) atoms. The lowest BCUT2D eigenvalue weighted by atomic mass is 9.95. The molecule has 6 nitrogen and oxygen atoms in total. The molecule has 2 fully saturated rings. The Morgan fingerprint density at radius 2 is 2.13 bits per heavy atom. The van der Waals surface area contributed by atoms with Gasteiger partial charge in [-0.2, -0.15) is 5.26 Å². The standard InChI is InChI=1S/C16H16ClN3O3/c1-9-12(4-3-10(8-18)13(9)17)20-14(22)16(19(2)15(20)23)6-5-11(21)7-16/h3-4,11,21H,5-7H2,1-2H3/t11-,16-/m0/s1. The molecule has 120 valence electrons. The van der Waals surface area contributed by atoms with Crippen LogP contribution in [0, 0.1) is 18.3 Å². The Bertz CT molecular complexity index is 758. The number of hydrogen-bond acceptors (Lipinski definition) is 4. The fraction of sp³-hybridized carbons (Fsp3) is 0.438. The molecule has 3 amide bonds. The number of anilines is 1. The fourth-order valence-electron chi connectivity index (χ4n) is 3.49. The third kappa shape index (κ3) is 2.04. The normalized spacial score (nSPS) is 27.2. The molecule has 1 aromatic rings. The molecule has 2 aliphatic rings. The van der Waals surface area contributed by atoms with E-state index in [2.05, 4.69) is 0 Å². The second-order valence-corrected chi connectivity index (χ2v) is 6.47. The Hall–Kier alpha value is -2.10. The highest BCUT2D eigenvalue weighted by Crippen LogP contribution is 2.44. The highest BCUT2D eigenvalue weighted by Gasteiger charge is 2.59. The van der Waals surface area contributed by atoms with Crippen molar-refractivity contribution in [2.45, 2.75) is 37.8 Å². The van der Waals surface area contributed by atoms with E-state index in [1.165, 1.54) is 11.0 Å². The summed E-state index contributed by atoms with van der Waals surface area (Å²) in [7, 11) is 1.58. The molecule has 1 aliphatic heterocycles. The lowest BCUT2D eigenvalue weighted by Crippen LogP contribution is -2.46. The smallest absolute Gasteiger partial charge is 0.332 e. The molecule has 0 bridgehead atoms. The van der Waals surface area contributed by atoms with Crippen molar-refractivity contribution in [3.8, 4) is 6.07 Å². The summed E-state index contributed by atoms with van der Waals surface area (Å²) in [5, 5.41) is 19.1. The van der Waals surface area contributed by atoms with Crippen LogP contribution in [0.2, 0.25) is 5.02 Å². The van der Waals surface area contributed by atoms with E-state index in [0.717, 1.165) is 4.90 Å². The minimum Gasteiger partial charge on any atom is -0.393 e. The fourth-order valence-corrected chi connectivity index (χ4v) is 3.69. The highest BCUT2D eigenvalue weighted by atomic mass is 35.5. The quantitative estimate of drug-likeness (QED) is 0.798. The summed E-state index contributed by atoms with van der Waals surface area (Å²) in [5.41, 5.74) is 0.209. The molecule has 0 aromatic heterocycles. The van der Waals surface area contributed by atoms with Gasteiger partial charge in [0.15, 0.2) is 0 Å². The molecule has 1 aromatic carbocycles. The summed E-state index contributed by atoms with van der Waals surface area (Å²) in [6.07, 6.45) is 0.590. The van der Waals surface area contributed by atoms with Gasteiger partial charge in [-0.05, 0) is 37.5 Å². The molecular formula is C16H16ClN3O3. The van der Waals surface area contributed by atoms with Crippen LogP contribution in [-0.2, 0) is 4.79 Å². The maximum atomic E-state index is 13.0. The molecule has 2 atom stereocenters. The number of imide groups is 1. The van der Waals surface area contributed by atoms with Gasteiger partial charge in [-0.3, -0.25) is 4.79 Å². The Balaban J connectivity index is 2.09. The van der Waals surface area contributed by atoms with E-state index >= 15 is 0 Å². The van der Waals surface area contributed by atoms with Gasteiger partial charge in [0.05, 0.1) is 22.4 Å². The van der Waals surface area contributed by atoms with Crippen molar-refractivity contribution in [3.05, 3.63) is 28.3 Å². The van der Waals surface area contributed by atoms with Crippen molar-refractivity contribution in [2.24, 2.45) is 0 Å². The first-order valence-corrected chi connectivity index (χ1v) is 7.71. The van der Waals surface area contributed by atoms with Gasteiger partial charge in [-0.25, -0.2) is 9.69 Å². The van der Waals surface area contributed by atoms with Gasteiger partial charge in [-0.15, -0.1) is 0 Å². The number of hydrogen-bond donors (Lipinski definition) is 1. The Kier molecular flexibility index (Phi) is 3.58. The molecule has 1 heterocycles. The van der Waals surface area contributed by atoms with Crippen molar-refractivity contribution in [1.82, 2.24) is 4.90 Å². The zero-order chi connectivity index (χ0) is 16.9. The second-order valence-electron chi connectivity index (χ2n) is 6.09. The van der Waals surface area contributed by atoms with Gasteiger partial charge in [0.1, 0.15) is 11.6 Å². The average molecular weight is 334 g/mol. The minimum atomic E-state index is -0.983. The summed E-state index contributed by atoms with van der Waals surface area (Å²) in [4.78, 5) is 28.1. The molecule has 1 saturated carbocycles. The van der Waals surface area contributed by atoms with E-state index in [1.54, 1.807) is 20.0 Å². The zero-order valence-corrected chi connectivity index (χ0v) is 13.6. The number of carbonyl (C=O) groups excluding carboxylic acids is 2. The van der Waals surface area contributed by atoms with E-state index in [1.807, 2.05) is 6.07 Å². The van der Waals surface area contributed by atoms with E-state index in [-0.39, 0.29) is 17.4 Å². The van der Waals surface area contributed by atoms with Crippen LogP contribution in [0.25, 0.3) is 0 Å². The molecule has 1 N–H and O–H groups in total. The number of halogens is 1. The third-order valence-electron chi connectivity index (χ3n) is 4.91. The summed E-state index contributed by atoms with van der Waals surface area (Å²) >= 11 is 6.16. The van der Waals surface area contributed by atoms with Crippen LogP contribution >= 0.6 is 11.6 Å². The van der Waals surface area contributed by atoms with E-state index < -0.39 is 17.7 Å². The number of nitriles is 1. The second kappa shape index (κ2) is 5.22. The van der Waals surface area contributed by atoms with E-state index in [0.29, 0.717) is 29.7 Å². The summed E-state index contributed by atoms with van der Waals surface area (Å²) in [6, 6.07) is 4.60. The average Bonchev–Trinajstić information content (AvgIpc) is 3.00. The zero-order valence-electron chi connectivity index (χ0n) is 12.8. The largest absolute Gasteiger partial charge is 0.393 e. The molecule has 7 heteroatoms. The Morgan fingerprint density at radius 3 is 2.70 bits per heavy atom. The van der Waals surface area contributed by atoms with Crippen LogP contribution in [0.15, 0.2) is 12.1 Å². The first-order valence-electron chi connectivity index (χ1n) is 7.33. The number of nitrogens with zero attached hydrogens (tertiary/aromatic N) is 3. The Labute approximate surface area is 138 Å². The molecule has 1 spiro atoms. The maximum Gasteiger partial charge on any atom is 0.332 e. The number of aliphatic hydroxyl groups excluding tert-OH is 1. The number of aliphatic hydroxyl groups is 1. The highest BCUT2D eigenvalue weighted by molar-refractivity contribution is 6.33. The number of carbonyl (C=O) groups is 2. The molecule has 1 aliphatic carbocycles. The molecule has 3 rings (SSSR count). The minimum absolute atomic E-state index is 0.237. The Morgan fingerprint density at radius 1 is 1.43 bits per heavy atom. The SMILES string of the molecule is Cc1c(N2C(=O)N(C)[C@]3(CC[C@H](O)C3)C2=O)ccc(C#N)c1Cl. The van der Waals surface area contributed by atoms with E-state index in [4.69, 9.17) is 16.9 Å².